The third-order valence-electron chi connectivity index (χ3n) is 13.4. The van der Waals surface area contributed by atoms with Crippen molar-refractivity contribution in [1.29, 1.82) is 0 Å². The van der Waals surface area contributed by atoms with Crippen LogP contribution < -0.4 is 66.3 Å². The van der Waals surface area contributed by atoms with Gasteiger partial charge in [0.25, 0.3) is 0 Å². The van der Waals surface area contributed by atoms with E-state index in [1.807, 2.05) is 54.6 Å². The molecule has 74 heavy (non-hydrogen) atoms. The molecule has 1 aliphatic carbocycles. The van der Waals surface area contributed by atoms with E-state index in [0.29, 0.717) is 23.1 Å². The number of hydrogen-bond donors (Lipinski definition) is 14. The summed E-state index contributed by atoms with van der Waals surface area (Å²) in [5.41, 5.74) is 35.7. The lowest BCUT2D eigenvalue weighted by atomic mass is 9.66. The van der Waals surface area contributed by atoms with E-state index in [0.717, 1.165) is 21.8 Å². The largest absolute Gasteiger partial charge is 0.370 e. The molecule has 2 fully saturated rings. The number of aliphatic imine (C=N–C) groups is 3. The predicted octanol–water partition coefficient (Wildman–Crippen LogP) is -0.850. The molecule has 5 atom stereocenters. The number of para-hydroxylation sites is 2. The first-order valence-corrected chi connectivity index (χ1v) is 24.7. The zero-order valence-corrected chi connectivity index (χ0v) is 41.1. The molecule has 1 aliphatic heterocycles. The molecule has 2 aliphatic rings. The van der Waals surface area contributed by atoms with Crippen LogP contribution in [0.25, 0.3) is 21.8 Å². The van der Waals surface area contributed by atoms with Gasteiger partial charge in [0.2, 0.25) is 35.4 Å². The number of nitrogens with zero attached hydrogens (tertiary/aromatic N) is 3. The molecule has 1 saturated heterocycles. The Labute approximate surface area is 427 Å². The molecule has 1 spiro atoms. The highest BCUT2D eigenvalue weighted by Crippen LogP contribution is 2.41. The molecule has 7 rings (SSSR count). The number of carbonyl (C=O) groups excluding carboxylic acids is 6. The second kappa shape index (κ2) is 24.7. The quantitative estimate of drug-likeness (QED) is 0.0308. The molecular formula is C51H67N17O6. The molecule has 23 heteroatoms. The van der Waals surface area contributed by atoms with Crippen LogP contribution in [0.3, 0.4) is 0 Å². The van der Waals surface area contributed by atoms with Gasteiger partial charge in [-0.15, -0.1) is 0 Å². The highest BCUT2D eigenvalue weighted by molar-refractivity contribution is 6.00. The molecule has 3 aromatic carbocycles. The zero-order chi connectivity index (χ0) is 52.8. The van der Waals surface area contributed by atoms with Gasteiger partial charge in [-0.25, -0.2) is 0 Å². The van der Waals surface area contributed by atoms with E-state index >= 15 is 0 Å². The number of nitrogens with two attached hydrogens (primary N) is 6. The average Bonchev–Trinajstić information content (AvgIpc) is 3.97. The van der Waals surface area contributed by atoms with Crippen molar-refractivity contribution in [2.75, 3.05) is 19.6 Å². The Morgan fingerprint density at radius 2 is 0.892 bits per heavy atom. The summed E-state index contributed by atoms with van der Waals surface area (Å²) in [6.45, 7) is 0.469. The molecule has 1 saturated carbocycles. The number of hydrogen-bond acceptors (Lipinski definition) is 9. The average molecular weight is 1010 g/mol. The van der Waals surface area contributed by atoms with Crippen LogP contribution in [0.5, 0.6) is 0 Å². The fourth-order valence-corrected chi connectivity index (χ4v) is 9.62. The molecule has 0 unspecified atom stereocenters. The van der Waals surface area contributed by atoms with Crippen LogP contribution in [0.2, 0.25) is 0 Å². The van der Waals surface area contributed by atoms with Crippen LogP contribution >= 0.6 is 0 Å². The van der Waals surface area contributed by atoms with Gasteiger partial charge in [-0.05, 0) is 79.7 Å². The first-order valence-electron chi connectivity index (χ1n) is 24.7. The summed E-state index contributed by atoms with van der Waals surface area (Å²) < 4.78 is 0. The van der Waals surface area contributed by atoms with E-state index in [1.165, 1.54) is 0 Å². The molecule has 5 aromatic rings. The monoisotopic (exact) mass is 1010 g/mol. The number of nitrogens with one attached hydrogen (secondary N) is 8. The predicted molar refractivity (Wildman–Crippen MR) is 283 cm³/mol. The third-order valence-corrected chi connectivity index (χ3v) is 13.4. The van der Waals surface area contributed by atoms with Gasteiger partial charge in [-0.1, -0.05) is 66.7 Å². The Hall–Kier alpha value is -8.63. The molecule has 392 valence electrons. The number of amides is 6. The zero-order valence-electron chi connectivity index (χ0n) is 41.1. The second-order valence-electron chi connectivity index (χ2n) is 18.9. The van der Waals surface area contributed by atoms with Gasteiger partial charge >= 0.3 is 0 Å². The van der Waals surface area contributed by atoms with Crippen LogP contribution in [-0.2, 0) is 48.0 Å². The Bertz CT molecular complexity index is 2780. The number of fused-ring (bicyclic) bond motifs is 2. The summed E-state index contributed by atoms with van der Waals surface area (Å²) in [7, 11) is 0. The number of carbonyl (C=O) groups is 6. The van der Waals surface area contributed by atoms with Crippen LogP contribution in [0.4, 0.5) is 0 Å². The van der Waals surface area contributed by atoms with Crippen molar-refractivity contribution >= 4 is 75.1 Å². The Morgan fingerprint density at radius 1 is 0.473 bits per heavy atom. The van der Waals surface area contributed by atoms with Crippen LogP contribution in [0.15, 0.2) is 106 Å². The van der Waals surface area contributed by atoms with E-state index in [-0.39, 0.29) is 101 Å². The van der Waals surface area contributed by atoms with Crippen molar-refractivity contribution in [1.82, 2.24) is 41.9 Å². The SMILES string of the molecule is NC(N)=NCCC[C@@H]1NC(=O)[C@H](Cc2c[nH]c3ccccc23)NC(=O)[C@H](Cc2ccccc2)NC(=O)[C@H](Cc2c[nH]c3ccccc23)NC(=O)[C@H](CCCN=C(N)N)NC(=O)C2(CC(CCN=C(N)N)C2)NC1=O. The minimum absolute atomic E-state index is 0.00799. The van der Waals surface area contributed by atoms with Crippen molar-refractivity contribution in [3.8, 4) is 0 Å². The molecule has 0 radical (unpaired) electrons. The lowest BCUT2D eigenvalue weighted by Crippen LogP contribution is -2.70. The lowest BCUT2D eigenvalue weighted by Gasteiger charge is -2.47. The summed E-state index contributed by atoms with van der Waals surface area (Å²) in [5, 5.41) is 19.1. The fourth-order valence-electron chi connectivity index (χ4n) is 9.62. The number of rotatable bonds is 17. The number of aromatic nitrogens is 2. The highest BCUT2D eigenvalue weighted by Gasteiger charge is 2.52. The summed E-state index contributed by atoms with van der Waals surface area (Å²) in [6.07, 6.45) is 4.56. The van der Waals surface area contributed by atoms with Crippen molar-refractivity contribution in [2.45, 2.75) is 100.0 Å². The Morgan fingerprint density at radius 3 is 1.39 bits per heavy atom. The van der Waals surface area contributed by atoms with Gasteiger partial charge in [-0.2, -0.15) is 0 Å². The highest BCUT2D eigenvalue weighted by atomic mass is 16.2. The smallest absolute Gasteiger partial charge is 0.246 e. The maximum absolute atomic E-state index is 15.0. The summed E-state index contributed by atoms with van der Waals surface area (Å²) in [5.74, 6) is -4.82. The first kappa shape index (κ1) is 53.2. The molecule has 6 amide bonds. The van der Waals surface area contributed by atoms with Gasteiger partial charge in [0.05, 0.1) is 0 Å². The second-order valence-corrected chi connectivity index (χ2v) is 18.9. The van der Waals surface area contributed by atoms with Gasteiger partial charge in [0.1, 0.15) is 35.7 Å². The topological polar surface area (TPSA) is 399 Å². The van der Waals surface area contributed by atoms with Gasteiger partial charge in [-0.3, -0.25) is 43.7 Å². The maximum atomic E-state index is 15.0. The van der Waals surface area contributed by atoms with Crippen molar-refractivity contribution in [3.63, 3.8) is 0 Å². The molecular weight excluding hydrogens is 947 g/mol. The minimum atomic E-state index is -1.59. The van der Waals surface area contributed by atoms with Gasteiger partial charge < -0.3 is 76.3 Å². The molecule has 2 aromatic heterocycles. The number of benzene rings is 3. The van der Waals surface area contributed by atoms with E-state index in [2.05, 4.69) is 56.8 Å². The summed E-state index contributed by atoms with van der Waals surface area (Å²) >= 11 is 0. The maximum Gasteiger partial charge on any atom is 0.246 e. The molecule has 23 nitrogen and oxygen atoms in total. The van der Waals surface area contributed by atoms with Gasteiger partial charge in [0, 0.05) is 73.1 Å². The Kier molecular flexibility index (Phi) is 17.7. The minimum Gasteiger partial charge on any atom is -0.370 e. The van der Waals surface area contributed by atoms with Crippen LogP contribution in [0, 0.1) is 5.92 Å². The van der Waals surface area contributed by atoms with E-state index in [4.69, 9.17) is 34.4 Å². The van der Waals surface area contributed by atoms with Crippen LogP contribution in [-0.4, -0.2) is 119 Å². The molecule has 20 N–H and O–H groups in total. The van der Waals surface area contributed by atoms with Crippen molar-refractivity contribution in [2.24, 2.45) is 55.3 Å². The van der Waals surface area contributed by atoms with Crippen molar-refractivity contribution < 1.29 is 28.8 Å². The summed E-state index contributed by atoms with van der Waals surface area (Å²) in [6, 6.07) is 17.5. The first-order chi connectivity index (χ1) is 35.6. The number of aromatic amines is 2. The van der Waals surface area contributed by atoms with Crippen molar-refractivity contribution in [3.05, 3.63) is 108 Å². The van der Waals surface area contributed by atoms with Crippen LogP contribution in [0.1, 0.15) is 61.6 Å². The molecule has 3 heterocycles. The number of guanidine groups is 3. The fraction of sp³-hybridized carbons (Fsp3) is 0.392. The molecule has 0 bridgehead atoms. The normalized spacial score (nSPS) is 22.9. The van der Waals surface area contributed by atoms with Gasteiger partial charge in [0.15, 0.2) is 17.9 Å². The number of H-pyrrole nitrogens is 2. The van der Waals surface area contributed by atoms with E-state index < -0.39 is 71.2 Å². The summed E-state index contributed by atoms with van der Waals surface area (Å²) in [4.78, 5) is 108. The lowest BCUT2D eigenvalue weighted by molar-refractivity contribution is -0.143. The third kappa shape index (κ3) is 14.1. The van der Waals surface area contributed by atoms with E-state index in [1.54, 1.807) is 36.7 Å². The van der Waals surface area contributed by atoms with E-state index in [9.17, 15) is 28.8 Å². The Balaban J connectivity index is 1.31. The standard InChI is InChI=1S/C51H67N17O6/c52-48(53)58-19-8-16-37-42(69)65-41(24-32-28-62-36-15-7-5-13-34(32)36)45(72)64-39(22-29-10-2-1-3-11-29)43(70)66-40(23-31-27-61-35-14-6-4-12-33(31)35)44(71)63-38(17-9-20-59-49(54)55)46(73)68-51(47(74)67-37)25-30(26-51)18-21-60-50(56)57/h1-7,10-15,27-28,30,37-41,61-62H,8-9,16-26H2,(H,63,71)(H,64,72)(H,65,69)(H,66,70)(H,67,74)(H,68,73)(H4,52,53,58)(H4,54,55,59)(H4,56,57,60)/t30?,37-,38-,39-,40-,41-,51?/m0/s1.